The highest BCUT2D eigenvalue weighted by Crippen LogP contribution is 2.43. The maximum Gasteiger partial charge on any atom is 0.322 e. The van der Waals surface area contributed by atoms with Crippen LogP contribution in [0.1, 0.15) is 41.4 Å². The largest absolute Gasteiger partial charge is 0.408 e. The zero-order valence-corrected chi connectivity index (χ0v) is 23.5. The van der Waals surface area contributed by atoms with Crippen molar-refractivity contribution in [1.82, 2.24) is 25.1 Å². The lowest BCUT2D eigenvalue weighted by atomic mass is 9.91. The number of aryl methyl sites for hydroxylation is 1. The Hall–Kier alpha value is -4.73. The first-order chi connectivity index (χ1) is 19.5. The van der Waals surface area contributed by atoms with E-state index in [9.17, 15) is 19.6 Å². The molecule has 1 unspecified atom stereocenters. The Kier molecular flexibility index (Phi) is 7.25. The number of amides is 3. The van der Waals surface area contributed by atoms with Gasteiger partial charge in [0.05, 0.1) is 23.5 Å². The Bertz CT molecular complexity index is 1710. The molecule has 2 N–H and O–H groups in total. The molecule has 4 aromatic rings. The summed E-state index contributed by atoms with van der Waals surface area (Å²) in [4.78, 5) is 46.0. The Morgan fingerprint density at radius 2 is 1.83 bits per heavy atom. The molecule has 208 valence electrons. The van der Waals surface area contributed by atoms with Crippen LogP contribution in [0.15, 0.2) is 53.1 Å². The second-order valence-corrected chi connectivity index (χ2v) is 10.5. The molecular formula is C27H22Cl2N8O4. The molecule has 0 fully saturated rings. The maximum absolute atomic E-state index is 14.1. The molecule has 2 aromatic heterocycles. The Morgan fingerprint density at radius 3 is 2.44 bits per heavy atom. The predicted molar refractivity (Wildman–Crippen MR) is 149 cm³/mol. The highest BCUT2D eigenvalue weighted by atomic mass is 35.5. The number of nitriles is 1. The third-order valence-corrected chi connectivity index (χ3v) is 7.00. The average molecular weight is 593 g/mol. The van der Waals surface area contributed by atoms with Crippen molar-refractivity contribution < 1.29 is 18.8 Å². The van der Waals surface area contributed by atoms with Gasteiger partial charge in [0.1, 0.15) is 17.3 Å². The molecule has 1 aliphatic heterocycles. The number of halogens is 2. The van der Waals surface area contributed by atoms with Crippen LogP contribution in [0.25, 0.3) is 0 Å². The van der Waals surface area contributed by atoms with Crippen LogP contribution in [0.3, 0.4) is 0 Å². The van der Waals surface area contributed by atoms with Gasteiger partial charge >= 0.3 is 6.01 Å². The predicted octanol–water partition coefficient (Wildman–Crippen LogP) is 4.15. The molecule has 3 amide bonds. The van der Waals surface area contributed by atoms with E-state index in [1.54, 1.807) is 50.2 Å². The third kappa shape index (κ3) is 5.25. The minimum atomic E-state index is -1.33. The molecule has 0 spiro atoms. The van der Waals surface area contributed by atoms with Crippen molar-refractivity contribution >= 4 is 58.6 Å². The maximum atomic E-state index is 14.1. The summed E-state index contributed by atoms with van der Waals surface area (Å²) in [7, 11) is 0. The molecule has 41 heavy (non-hydrogen) atoms. The number of hydrogen-bond acceptors (Lipinski definition) is 8. The molecule has 12 nitrogen and oxygen atoms in total. The molecule has 0 aliphatic carbocycles. The molecule has 14 heteroatoms. The van der Waals surface area contributed by atoms with Gasteiger partial charge in [-0.15, -0.1) is 5.10 Å². The van der Waals surface area contributed by atoms with Crippen LogP contribution in [-0.2, 0) is 21.5 Å². The van der Waals surface area contributed by atoms with Gasteiger partial charge in [-0.3, -0.25) is 24.3 Å². The van der Waals surface area contributed by atoms with Gasteiger partial charge in [-0.2, -0.15) is 5.26 Å². The van der Waals surface area contributed by atoms with E-state index >= 15 is 0 Å². The topological polar surface area (TPSA) is 159 Å². The highest BCUT2D eigenvalue weighted by molar-refractivity contribution is 6.35. The fourth-order valence-corrected chi connectivity index (χ4v) is 5.14. The normalized spacial score (nSPS) is 16.7. The summed E-state index contributed by atoms with van der Waals surface area (Å²) in [6, 6.07) is 12.4. The Balaban J connectivity index is 1.51. The fraction of sp³-hybridized carbons (Fsp3) is 0.222. The molecule has 0 saturated heterocycles. The van der Waals surface area contributed by atoms with E-state index in [0.29, 0.717) is 21.3 Å². The first kappa shape index (κ1) is 27.8. The van der Waals surface area contributed by atoms with Crippen molar-refractivity contribution in [2.75, 3.05) is 10.2 Å². The van der Waals surface area contributed by atoms with Crippen LogP contribution in [-0.4, -0.2) is 43.5 Å². The molecular weight excluding hydrogens is 571 g/mol. The number of aromatic nitrogens is 4. The van der Waals surface area contributed by atoms with E-state index in [-0.39, 0.29) is 35.9 Å². The van der Waals surface area contributed by atoms with Crippen molar-refractivity contribution in [2.24, 2.45) is 0 Å². The van der Waals surface area contributed by atoms with Gasteiger partial charge in [0.15, 0.2) is 0 Å². The monoisotopic (exact) mass is 592 g/mol. The van der Waals surface area contributed by atoms with E-state index in [4.69, 9.17) is 27.6 Å². The summed E-state index contributed by atoms with van der Waals surface area (Å²) in [5.41, 5.74) is 0.317. The standard InChI is InChI=1S/C27H22Cl2N8O4/c1-14(22(38)33-25-35-34-15(2)41-25)32-23(39)21-13-31-26-36(20-9-18(28)8-19(29)10-20)24(40)27(3,37(21)26)11-16-4-6-17(12-30)7-5-16/h4-10,13-14H,11H2,1-3H3,(H,32,39)(H,33,35,38)/t14?,27-/m1/s1. The number of fused-ring (bicyclic) bond motifs is 1. The average Bonchev–Trinajstić information content (AvgIpc) is 3.59. The van der Waals surface area contributed by atoms with E-state index in [1.807, 2.05) is 0 Å². The summed E-state index contributed by atoms with van der Waals surface area (Å²) in [6.45, 7) is 4.75. The summed E-state index contributed by atoms with van der Waals surface area (Å²) in [6.07, 6.45) is 1.50. The number of nitrogens with zero attached hydrogens (tertiary/aromatic N) is 6. The number of carbonyl (C=O) groups excluding carboxylic acids is 3. The number of rotatable bonds is 7. The lowest BCUT2D eigenvalue weighted by Crippen LogP contribution is -2.45. The molecule has 5 rings (SSSR count). The molecule has 2 aromatic carbocycles. The number of anilines is 3. The van der Waals surface area contributed by atoms with E-state index in [1.165, 1.54) is 28.7 Å². The second-order valence-electron chi connectivity index (χ2n) is 9.62. The number of imidazole rings is 1. The van der Waals surface area contributed by atoms with Crippen molar-refractivity contribution in [2.45, 2.75) is 38.8 Å². The minimum Gasteiger partial charge on any atom is -0.408 e. The first-order valence-corrected chi connectivity index (χ1v) is 13.1. The van der Waals surface area contributed by atoms with Crippen molar-refractivity contribution in [3.05, 3.63) is 81.4 Å². The minimum absolute atomic E-state index is 0.0494. The molecule has 0 bridgehead atoms. The first-order valence-electron chi connectivity index (χ1n) is 12.3. The number of carbonyl (C=O) groups is 3. The lowest BCUT2D eigenvalue weighted by Gasteiger charge is -2.27. The van der Waals surface area contributed by atoms with Gasteiger partial charge in [-0.25, -0.2) is 9.88 Å². The highest BCUT2D eigenvalue weighted by Gasteiger charge is 2.51. The van der Waals surface area contributed by atoms with Crippen LogP contribution in [0.5, 0.6) is 0 Å². The SMILES string of the molecule is Cc1nnc(NC(=O)C(C)NC(=O)c2cnc3n2[C@](C)(Cc2ccc(C#N)cc2)C(=O)N3c2cc(Cl)cc(Cl)c2)o1. The molecule has 0 saturated carbocycles. The summed E-state index contributed by atoms with van der Waals surface area (Å²) >= 11 is 12.5. The zero-order valence-electron chi connectivity index (χ0n) is 22.0. The van der Waals surface area contributed by atoms with Gasteiger partial charge in [-0.1, -0.05) is 40.4 Å². The summed E-state index contributed by atoms with van der Waals surface area (Å²) < 4.78 is 6.69. The van der Waals surface area contributed by atoms with Crippen LogP contribution in [0.2, 0.25) is 10.0 Å². The fourth-order valence-electron chi connectivity index (χ4n) is 4.62. The summed E-state index contributed by atoms with van der Waals surface area (Å²) in [5.74, 6) is -1.17. The smallest absolute Gasteiger partial charge is 0.322 e. The third-order valence-electron chi connectivity index (χ3n) is 6.57. The molecule has 3 heterocycles. The number of hydrogen-bond donors (Lipinski definition) is 2. The van der Waals surface area contributed by atoms with Crippen LogP contribution in [0, 0.1) is 18.3 Å². The van der Waals surface area contributed by atoms with Crippen LogP contribution >= 0.6 is 23.2 Å². The quantitative estimate of drug-likeness (QED) is 0.323. The van der Waals surface area contributed by atoms with Gasteiger partial charge in [0.2, 0.25) is 17.7 Å². The van der Waals surface area contributed by atoms with Gasteiger partial charge in [0, 0.05) is 23.4 Å². The van der Waals surface area contributed by atoms with E-state index in [2.05, 4.69) is 31.9 Å². The van der Waals surface area contributed by atoms with Crippen LogP contribution < -0.4 is 15.5 Å². The van der Waals surface area contributed by atoms with Crippen molar-refractivity contribution in [3.8, 4) is 6.07 Å². The van der Waals surface area contributed by atoms with Crippen LogP contribution in [0.4, 0.5) is 17.7 Å². The molecule has 0 radical (unpaired) electrons. The van der Waals surface area contributed by atoms with E-state index in [0.717, 1.165) is 5.56 Å². The Labute approximate surface area is 243 Å². The molecule has 2 atom stereocenters. The number of nitrogens with one attached hydrogen (secondary N) is 2. The number of benzene rings is 2. The van der Waals surface area contributed by atoms with E-state index < -0.39 is 23.4 Å². The zero-order chi connectivity index (χ0) is 29.5. The summed E-state index contributed by atoms with van der Waals surface area (Å²) in [5, 5.41) is 22.2. The van der Waals surface area contributed by atoms with Gasteiger partial charge in [-0.05, 0) is 49.7 Å². The van der Waals surface area contributed by atoms with Crippen molar-refractivity contribution in [3.63, 3.8) is 0 Å². The Morgan fingerprint density at radius 1 is 1.15 bits per heavy atom. The lowest BCUT2D eigenvalue weighted by molar-refractivity contribution is -0.124. The van der Waals surface area contributed by atoms with Gasteiger partial charge in [0.25, 0.3) is 11.8 Å². The second kappa shape index (κ2) is 10.7. The molecule has 1 aliphatic rings. The van der Waals surface area contributed by atoms with Gasteiger partial charge < -0.3 is 9.73 Å². The van der Waals surface area contributed by atoms with Crippen molar-refractivity contribution in [1.29, 1.82) is 5.26 Å².